The number of quaternary nitrogens is 1. The summed E-state index contributed by atoms with van der Waals surface area (Å²) in [6, 6.07) is -1.35. The molecule has 1 aliphatic rings. The lowest BCUT2D eigenvalue weighted by Gasteiger charge is -2.32. The minimum atomic E-state index is -5.19. The molecule has 14 heteroatoms. The molecule has 11 nitrogen and oxygen atoms in total. The molecule has 27 heavy (non-hydrogen) atoms. The van der Waals surface area contributed by atoms with Gasteiger partial charge < -0.3 is 41.8 Å². The molecule has 1 rings (SSSR count). The van der Waals surface area contributed by atoms with Crippen molar-refractivity contribution >= 4 is 23.8 Å². The highest BCUT2D eigenvalue weighted by atomic mass is 19.4. The number of nitrogens with two attached hydrogens (primary N) is 1. The zero-order valence-electron chi connectivity index (χ0n) is 14.0. The maximum atomic E-state index is 12.0. The predicted octanol–water partition coefficient (Wildman–Crippen LogP) is -4.16. The van der Waals surface area contributed by atoms with Crippen molar-refractivity contribution in [3.63, 3.8) is 0 Å². The second kappa shape index (κ2) is 10.3. The molecule has 0 aromatic carbocycles. The molecule has 0 fully saturated rings. The summed E-state index contributed by atoms with van der Waals surface area (Å²) in [7, 11) is 0. The van der Waals surface area contributed by atoms with Crippen LogP contribution in [0.4, 0.5) is 13.2 Å². The topological polar surface area (TPSA) is 199 Å². The molecule has 0 aromatic heterocycles. The van der Waals surface area contributed by atoms with Crippen molar-refractivity contribution in [2.75, 3.05) is 13.1 Å². The molecule has 0 bridgehead atoms. The molecular weight excluding hydrogens is 381 g/mol. The van der Waals surface area contributed by atoms with Crippen LogP contribution in [0.3, 0.4) is 0 Å². The van der Waals surface area contributed by atoms with Crippen molar-refractivity contribution in [3.05, 3.63) is 11.8 Å². The zero-order valence-corrected chi connectivity index (χ0v) is 14.0. The number of hydrogen-bond donors (Lipinski definition) is 5. The lowest BCUT2D eigenvalue weighted by atomic mass is 9.98. The molecule has 0 saturated carbocycles. The van der Waals surface area contributed by atoms with Crippen LogP contribution in [-0.2, 0) is 23.9 Å². The van der Waals surface area contributed by atoms with Gasteiger partial charge in [0.25, 0.3) is 5.91 Å². The first-order valence-electron chi connectivity index (χ1n) is 7.29. The SMILES string of the molecule is CC(=O)N[C@@H]1[C@@H]([NH3+])C=C(C(=O)O)O[C@H]1C(=O)NCCN.O=C([O-])C(F)(F)F. The number of halogens is 3. The van der Waals surface area contributed by atoms with Crippen LogP contribution in [0.2, 0.25) is 0 Å². The third-order valence-electron chi connectivity index (χ3n) is 2.92. The number of alkyl halides is 3. The molecule has 0 aromatic rings. The Morgan fingerprint density at radius 2 is 1.89 bits per heavy atom. The summed E-state index contributed by atoms with van der Waals surface area (Å²) < 4.78 is 36.7. The number of hydrogen-bond acceptors (Lipinski definition) is 7. The largest absolute Gasteiger partial charge is 0.542 e. The summed E-state index contributed by atoms with van der Waals surface area (Å²) in [5.41, 5.74) is 9.02. The van der Waals surface area contributed by atoms with E-state index in [1.165, 1.54) is 13.0 Å². The van der Waals surface area contributed by atoms with Gasteiger partial charge in [-0.3, -0.25) is 9.59 Å². The van der Waals surface area contributed by atoms with E-state index in [2.05, 4.69) is 16.4 Å². The molecule has 3 atom stereocenters. The van der Waals surface area contributed by atoms with Gasteiger partial charge in [0.15, 0.2) is 0 Å². The average Bonchev–Trinajstić information content (AvgIpc) is 2.53. The highest BCUT2D eigenvalue weighted by Crippen LogP contribution is 2.17. The second-order valence-electron chi connectivity index (χ2n) is 5.13. The second-order valence-corrected chi connectivity index (χ2v) is 5.13. The van der Waals surface area contributed by atoms with E-state index in [9.17, 15) is 27.6 Å². The van der Waals surface area contributed by atoms with Crippen molar-refractivity contribution in [2.24, 2.45) is 5.73 Å². The Kier molecular flexibility index (Phi) is 9.22. The van der Waals surface area contributed by atoms with Crippen molar-refractivity contribution in [1.82, 2.24) is 10.6 Å². The molecule has 1 heterocycles. The number of nitrogens with one attached hydrogen (secondary N) is 2. The maximum Gasteiger partial charge on any atom is 0.430 e. The molecule has 0 aliphatic carbocycles. The van der Waals surface area contributed by atoms with Gasteiger partial charge in [0, 0.05) is 26.1 Å². The number of carboxylic acids is 2. The summed E-state index contributed by atoms with van der Waals surface area (Å²) in [5.74, 6) is -5.57. The van der Waals surface area contributed by atoms with Gasteiger partial charge in [-0.2, -0.15) is 13.2 Å². The molecular formula is C13H19F3N4O7. The summed E-state index contributed by atoms with van der Waals surface area (Å²) in [6.07, 6.45) is -5.10. The first-order valence-corrected chi connectivity index (χ1v) is 7.29. The number of ether oxygens (including phenoxy) is 1. The van der Waals surface area contributed by atoms with Gasteiger partial charge in [0.05, 0.1) is 0 Å². The molecule has 0 radical (unpaired) electrons. The van der Waals surface area contributed by atoms with Gasteiger partial charge in [0.1, 0.15) is 18.1 Å². The maximum absolute atomic E-state index is 12.0. The fraction of sp³-hybridized carbons (Fsp3) is 0.538. The van der Waals surface area contributed by atoms with E-state index in [1.807, 2.05) is 0 Å². The van der Waals surface area contributed by atoms with E-state index in [1.54, 1.807) is 0 Å². The number of aliphatic carboxylic acids is 2. The Labute approximate surface area is 150 Å². The van der Waals surface area contributed by atoms with Crippen LogP contribution >= 0.6 is 0 Å². The van der Waals surface area contributed by atoms with Gasteiger partial charge >= 0.3 is 12.1 Å². The molecule has 8 N–H and O–H groups in total. The van der Waals surface area contributed by atoms with Crippen LogP contribution in [0.1, 0.15) is 6.92 Å². The Bertz CT molecular complexity index is 609. The van der Waals surface area contributed by atoms with Gasteiger partial charge in [-0.05, 0) is 0 Å². The number of carbonyl (C=O) groups is 4. The van der Waals surface area contributed by atoms with Crippen molar-refractivity contribution in [2.45, 2.75) is 31.3 Å². The Morgan fingerprint density at radius 1 is 1.37 bits per heavy atom. The van der Waals surface area contributed by atoms with Crippen molar-refractivity contribution < 1.29 is 53.0 Å². The highest BCUT2D eigenvalue weighted by Gasteiger charge is 2.42. The normalized spacial score (nSPS) is 21.6. The van der Waals surface area contributed by atoms with E-state index in [4.69, 9.17) is 25.5 Å². The van der Waals surface area contributed by atoms with E-state index >= 15 is 0 Å². The van der Waals surface area contributed by atoms with Crippen LogP contribution in [0, 0.1) is 0 Å². The quantitative estimate of drug-likeness (QED) is 0.306. The first-order chi connectivity index (χ1) is 12.3. The summed E-state index contributed by atoms with van der Waals surface area (Å²) in [6.45, 7) is 1.75. The third-order valence-corrected chi connectivity index (χ3v) is 2.92. The molecule has 2 amide bonds. The summed E-state index contributed by atoms with van der Waals surface area (Å²) in [5, 5.41) is 22.8. The van der Waals surface area contributed by atoms with Crippen LogP contribution in [0.15, 0.2) is 11.8 Å². The van der Waals surface area contributed by atoms with Crippen LogP contribution in [-0.4, -0.2) is 66.3 Å². The van der Waals surface area contributed by atoms with E-state index < -0.39 is 42.2 Å². The van der Waals surface area contributed by atoms with Crippen LogP contribution < -0.4 is 27.2 Å². The third kappa shape index (κ3) is 8.37. The lowest BCUT2D eigenvalue weighted by molar-refractivity contribution is -0.414. The zero-order chi connectivity index (χ0) is 21.4. The first kappa shape index (κ1) is 24.1. The smallest absolute Gasteiger partial charge is 0.430 e. The number of amides is 2. The summed E-state index contributed by atoms with van der Waals surface area (Å²) in [4.78, 5) is 42.9. The minimum Gasteiger partial charge on any atom is -0.542 e. The van der Waals surface area contributed by atoms with Crippen molar-refractivity contribution in [3.8, 4) is 0 Å². The lowest BCUT2D eigenvalue weighted by Crippen LogP contribution is -2.74. The molecule has 0 spiro atoms. The Balaban J connectivity index is 0.000000821. The van der Waals surface area contributed by atoms with Crippen molar-refractivity contribution in [1.29, 1.82) is 0 Å². The highest BCUT2D eigenvalue weighted by molar-refractivity contribution is 5.88. The number of carboxylic acid groups (broad SMARTS) is 2. The fourth-order valence-corrected chi connectivity index (χ4v) is 1.82. The Hall–Kier alpha value is -2.87. The average molecular weight is 400 g/mol. The molecule has 1 aliphatic heterocycles. The minimum absolute atomic E-state index is 0.222. The summed E-state index contributed by atoms with van der Waals surface area (Å²) >= 11 is 0. The van der Waals surface area contributed by atoms with E-state index in [0.717, 1.165) is 0 Å². The van der Waals surface area contributed by atoms with Crippen LogP contribution in [0.25, 0.3) is 0 Å². The van der Waals surface area contributed by atoms with Gasteiger partial charge in [-0.25, -0.2) is 4.79 Å². The number of rotatable bonds is 5. The molecule has 0 saturated heterocycles. The van der Waals surface area contributed by atoms with E-state index in [0.29, 0.717) is 0 Å². The monoisotopic (exact) mass is 400 g/mol. The Morgan fingerprint density at radius 3 is 2.26 bits per heavy atom. The number of carbonyl (C=O) groups excluding carboxylic acids is 3. The van der Waals surface area contributed by atoms with E-state index in [-0.39, 0.29) is 24.8 Å². The predicted molar refractivity (Wildman–Crippen MR) is 78.0 cm³/mol. The van der Waals surface area contributed by atoms with Gasteiger partial charge in [-0.1, -0.05) is 0 Å². The fourth-order valence-electron chi connectivity index (χ4n) is 1.82. The standard InChI is InChI=1S/C11H18N4O5.C2HF3O2/c1-5(16)15-8-6(13)4-7(11(18)19)20-9(8)10(17)14-3-2-12;3-2(4,5)1(6)7/h4,6,8-9H,2-3,12-13H2,1H3,(H,14,17)(H,15,16)(H,18,19);(H,6,7)/t6-,8+,9+;/m0./s1. The van der Waals surface area contributed by atoms with Crippen LogP contribution in [0.5, 0.6) is 0 Å². The van der Waals surface area contributed by atoms with Gasteiger partial charge in [0.2, 0.25) is 17.8 Å². The molecule has 0 unspecified atom stereocenters. The molecule has 154 valence electrons. The van der Waals surface area contributed by atoms with Gasteiger partial charge in [-0.15, -0.1) is 0 Å².